The van der Waals surface area contributed by atoms with Crippen molar-refractivity contribution in [3.05, 3.63) is 29.8 Å². The summed E-state index contributed by atoms with van der Waals surface area (Å²) in [6.45, 7) is 3.99. The summed E-state index contributed by atoms with van der Waals surface area (Å²) in [5.41, 5.74) is 7.42. The molecule has 3 N–H and O–H groups in total. The number of ether oxygens (including phenoxy) is 1. The molecule has 1 amide bonds. The lowest BCUT2D eigenvalue weighted by atomic mass is 9.89. The second-order valence-corrected chi connectivity index (χ2v) is 4.91. The topological polar surface area (TPSA) is 64.3 Å². The van der Waals surface area contributed by atoms with Crippen LogP contribution in [0.4, 0.5) is 5.69 Å². The maximum absolute atomic E-state index is 12.1. The lowest BCUT2D eigenvalue weighted by Gasteiger charge is -2.27. The van der Waals surface area contributed by atoms with Crippen molar-refractivity contribution in [1.82, 2.24) is 5.32 Å². The van der Waals surface area contributed by atoms with Crippen molar-refractivity contribution >= 4 is 11.6 Å². The number of nitrogens with two attached hydrogens (primary N) is 1. The Morgan fingerprint density at radius 1 is 1.44 bits per heavy atom. The van der Waals surface area contributed by atoms with Crippen molar-refractivity contribution < 1.29 is 9.53 Å². The van der Waals surface area contributed by atoms with Gasteiger partial charge < -0.3 is 15.8 Å². The largest absolute Gasteiger partial charge is 0.399 e. The molecule has 18 heavy (non-hydrogen) atoms. The average molecular weight is 248 g/mol. The standard InChI is InChI=1S/C14H20N2O2/c1-10-9-18-7-6-13(10)14(17)16-8-11-2-4-12(15)5-3-11/h2-5,10,13H,6-9,15H2,1H3,(H,16,17). The highest BCUT2D eigenvalue weighted by Crippen LogP contribution is 2.21. The minimum Gasteiger partial charge on any atom is -0.399 e. The minimum absolute atomic E-state index is 0.0764. The van der Waals surface area contributed by atoms with E-state index in [2.05, 4.69) is 12.2 Å². The molecule has 1 aliphatic heterocycles. The number of amides is 1. The summed E-state index contributed by atoms with van der Waals surface area (Å²) in [6.07, 6.45) is 0.814. The summed E-state index contributed by atoms with van der Waals surface area (Å²) in [6, 6.07) is 7.56. The van der Waals surface area contributed by atoms with Crippen LogP contribution in [0.15, 0.2) is 24.3 Å². The molecule has 1 saturated heterocycles. The molecule has 1 fully saturated rings. The maximum atomic E-state index is 12.1. The van der Waals surface area contributed by atoms with E-state index < -0.39 is 0 Å². The molecule has 4 heteroatoms. The highest BCUT2D eigenvalue weighted by Gasteiger charge is 2.27. The zero-order valence-corrected chi connectivity index (χ0v) is 10.7. The molecule has 2 unspecified atom stereocenters. The number of nitrogens with one attached hydrogen (secondary N) is 1. The number of benzene rings is 1. The van der Waals surface area contributed by atoms with Crippen LogP contribution in [0.1, 0.15) is 18.9 Å². The first-order valence-electron chi connectivity index (χ1n) is 6.36. The fraction of sp³-hybridized carbons (Fsp3) is 0.500. The lowest BCUT2D eigenvalue weighted by Crippen LogP contribution is -2.38. The van der Waals surface area contributed by atoms with Crippen LogP contribution in [-0.2, 0) is 16.1 Å². The van der Waals surface area contributed by atoms with Crippen LogP contribution >= 0.6 is 0 Å². The van der Waals surface area contributed by atoms with Gasteiger partial charge in [-0.25, -0.2) is 0 Å². The van der Waals surface area contributed by atoms with Crippen LogP contribution in [0.2, 0.25) is 0 Å². The SMILES string of the molecule is CC1COCCC1C(=O)NCc1ccc(N)cc1. The highest BCUT2D eigenvalue weighted by atomic mass is 16.5. The van der Waals surface area contributed by atoms with Crippen molar-refractivity contribution in [2.75, 3.05) is 18.9 Å². The van der Waals surface area contributed by atoms with Crippen LogP contribution in [0, 0.1) is 11.8 Å². The Bertz CT molecular complexity index is 403. The maximum Gasteiger partial charge on any atom is 0.223 e. The molecule has 0 aliphatic carbocycles. The first kappa shape index (κ1) is 12.9. The third-order valence-electron chi connectivity index (χ3n) is 3.42. The Labute approximate surface area is 108 Å². The van der Waals surface area contributed by atoms with Crippen LogP contribution in [0.25, 0.3) is 0 Å². The molecule has 2 rings (SSSR count). The average Bonchev–Trinajstić information content (AvgIpc) is 2.38. The van der Waals surface area contributed by atoms with Gasteiger partial charge in [0.25, 0.3) is 0 Å². The number of hydrogen-bond donors (Lipinski definition) is 2. The minimum atomic E-state index is 0.0764. The summed E-state index contributed by atoms with van der Waals surface area (Å²) >= 11 is 0. The van der Waals surface area contributed by atoms with Gasteiger partial charge >= 0.3 is 0 Å². The van der Waals surface area contributed by atoms with Gasteiger partial charge in [0.1, 0.15) is 0 Å². The summed E-state index contributed by atoms with van der Waals surface area (Å²) < 4.78 is 5.34. The number of hydrogen-bond acceptors (Lipinski definition) is 3. The molecule has 98 valence electrons. The molecule has 1 aromatic carbocycles. The highest BCUT2D eigenvalue weighted by molar-refractivity contribution is 5.79. The smallest absolute Gasteiger partial charge is 0.223 e. The van der Waals surface area contributed by atoms with E-state index in [1.54, 1.807) is 0 Å². The predicted molar refractivity (Wildman–Crippen MR) is 70.8 cm³/mol. The van der Waals surface area contributed by atoms with Gasteiger partial charge in [-0.2, -0.15) is 0 Å². The van der Waals surface area contributed by atoms with Gasteiger partial charge in [-0.05, 0) is 30.0 Å². The summed E-state index contributed by atoms with van der Waals surface area (Å²) in [5.74, 6) is 0.500. The van der Waals surface area contributed by atoms with Crippen molar-refractivity contribution in [3.8, 4) is 0 Å². The van der Waals surface area contributed by atoms with E-state index in [9.17, 15) is 4.79 Å². The van der Waals surface area contributed by atoms with Crippen molar-refractivity contribution in [1.29, 1.82) is 0 Å². The Balaban J connectivity index is 1.85. The van der Waals surface area contributed by atoms with E-state index in [1.165, 1.54) is 0 Å². The normalized spacial score (nSPS) is 23.6. The van der Waals surface area contributed by atoms with Gasteiger partial charge in [0, 0.05) is 31.4 Å². The lowest BCUT2D eigenvalue weighted by molar-refractivity contribution is -0.130. The summed E-state index contributed by atoms with van der Waals surface area (Å²) in [7, 11) is 0. The number of carbonyl (C=O) groups is 1. The predicted octanol–water partition coefficient (Wildman–Crippen LogP) is 1.56. The third kappa shape index (κ3) is 3.23. The van der Waals surface area contributed by atoms with Gasteiger partial charge in [0.2, 0.25) is 5.91 Å². The van der Waals surface area contributed by atoms with Crippen LogP contribution in [0.3, 0.4) is 0 Å². The van der Waals surface area contributed by atoms with Crippen molar-refractivity contribution in [2.45, 2.75) is 19.9 Å². The van der Waals surface area contributed by atoms with E-state index >= 15 is 0 Å². The second kappa shape index (κ2) is 5.87. The Morgan fingerprint density at radius 2 is 2.17 bits per heavy atom. The molecule has 2 atom stereocenters. The molecule has 0 bridgehead atoms. The van der Waals surface area contributed by atoms with Gasteiger partial charge in [-0.1, -0.05) is 19.1 Å². The second-order valence-electron chi connectivity index (χ2n) is 4.91. The van der Waals surface area contributed by atoms with Gasteiger partial charge in [-0.3, -0.25) is 4.79 Å². The summed E-state index contributed by atoms with van der Waals surface area (Å²) in [4.78, 5) is 12.1. The van der Waals surface area contributed by atoms with E-state index in [-0.39, 0.29) is 11.8 Å². The molecule has 1 heterocycles. The van der Waals surface area contributed by atoms with E-state index in [4.69, 9.17) is 10.5 Å². The molecule has 0 saturated carbocycles. The molecular weight excluding hydrogens is 228 g/mol. The first-order valence-corrected chi connectivity index (χ1v) is 6.36. The van der Waals surface area contributed by atoms with Crippen LogP contribution in [0.5, 0.6) is 0 Å². The van der Waals surface area contributed by atoms with Crippen LogP contribution in [-0.4, -0.2) is 19.1 Å². The number of rotatable bonds is 3. The number of anilines is 1. The zero-order valence-electron chi connectivity index (χ0n) is 10.7. The monoisotopic (exact) mass is 248 g/mol. The summed E-state index contributed by atoms with van der Waals surface area (Å²) in [5, 5.41) is 2.98. The third-order valence-corrected chi connectivity index (χ3v) is 3.42. The first-order chi connectivity index (χ1) is 8.66. The Morgan fingerprint density at radius 3 is 2.83 bits per heavy atom. The fourth-order valence-corrected chi connectivity index (χ4v) is 2.23. The Kier molecular flexibility index (Phi) is 4.20. The van der Waals surface area contributed by atoms with Crippen LogP contribution < -0.4 is 11.1 Å². The number of nitrogen functional groups attached to an aromatic ring is 1. The number of carbonyl (C=O) groups excluding carboxylic acids is 1. The fourth-order valence-electron chi connectivity index (χ4n) is 2.23. The molecule has 1 aliphatic rings. The zero-order chi connectivity index (χ0) is 13.0. The molecule has 1 aromatic rings. The quantitative estimate of drug-likeness (QED) is 0.798. The van der Waals surface area contributed by atoms with Gasteiger partial charge in [0.05, 0.1) is 0 Å². The van der Waals surface area contributed by atoms with E-state index in [1.807, 2.05) is 24.3 Å². The van der Waals surface area contributed by atoms with E-state index in [0.29, 0.717) is 25.7 Å². The Hall–Kier alpha value is -1.55. The van der Waals surface area contributed by atoms with Gasteiger partial charge in [0.15, 0.2) is 0 Å². The molecule has 0 radical (unpaired) electrons. The van der Waals surface area contributed by atoms with Crippen molar-refractivity contribution in [3.63, 3.8) is 0 Å². The molecule has 4 nitrogen and oxygen atoms in total. The molecule has 0 spiro atoms. The molecular formula is C14H20N2O2. The van der Waals surface area contributed by atoms with Gasteiger partial charge in [-0.15, -0.1) is 0 Å². The molecule has 0 aromatic heterocycles. The van der Waals surface area contributed by atoms with E-state index in [0.717, 1.165) is 17.7 Å². The van der Waals surface area contributed by atoms with Crippen molar-refractivity contribution in [2.24, 2.45) is 11.8 Å².